The Hall–Kier alpha value is -3.80. The summed E-state index contributed by atoms with van der Waals surface area (Å²) in [5, 5.41) is 3.04. The summed E-state index contributed by atoms with van der Waals surface area (Å²) in [6.07, 6.45) is 0.422. The van der Waals surface area contributed by atoms with Crippen LogP contribution in [0.4, 0.5) is 11.4 Å². The molecule has 3 rings (SSSR count). The van der Waals surface area contributed by atoms with Crippen LogP contribution in [0.15, 0.2) is 72.8 Å². The van der Waals surface area contributed by atoms with Gasteiger partial charge in [-0.25, -0.2) is 0 Å². The van der Waals surface area contributed by atoms with Crippen molar-refractivity contribution in [3.63, 3.8) is 0 Å². The zero-order valence-electron chi connectivity index (χ0n) is 23.0. The van der Waals surface area contributed by atoms with Crippen molar-refractivity contribution in [3.05, 3.63) is 89.5 Å². The smallest absolute Gasteiger partial charge is 0.254 e. The van der Waals surface area contributed by atoms with Crippen LogP contribution >= 0.6 is 0 Å². The second-order valence-electron chi connectivity index (χ2n) is 10.8. The number of ether oxygens (including phenoxy) is 1. The zero-order valence-corrected chi connectivity index (χ0v) is 23.0. The number of benzene rings is 3. The van der Waals surface area contributed by atoms with Crippen LogP contribution in [0.2, 0.25) is 0 Å². The normalized spacial score (nSPS) is 12.0. The largest absolute Gasteiger partial charge is 0.497 e. The van der Waals surface area contributed by atoms with E-state index in [9.17, 15) is 9.59 Å². The lowest BCUT2D eigenvalue weighted by atomic mass is 9.92. The van der Waals surface area contributed by atoms with E-state index in [2.05, 4.69) is 5.32 Å². The maximum atomic E-state index is 13.9. The van der Waals surface area contributed by atoms with Crippen LogP contribution in [0.5, 0.6) is 5.75 Å². The van der Waals surface area contributed by atoms with Crippen LogP contribution in [-0.4, -0.2) is 37.9 Å². The summed E-state index contributed by atoms with van der Waals surface area (Å²) >= 11 is 0. The summed E-state index contributed by atoms with van der Waals surface area (Å²) in [6.45, 7) is 8.54. The van der Waals surface area contributed by atoms with Gasteiger partial charge in [0.2, 0.25) is 5.91 Å². The molecule has 0 spiro atoms. The first-order chi connectivity index (χ1) is 17.5. The van der Waals surface area contributed by atoms with E-state index in [1.54, 1.807) is 31.4 Å². The molecule has 0 fully saturated rings. The molecular formula is C31H39N3O3. The molecule has 0 aliphatic heterocycles. The van der Waals surface area contributed by atoms with Crippen LogP contribution in [0, 0.1) is 5.41 Å². The molecule has 0 unspecified atom stereocenters. The van der Waals surface area contributed by atoms with E-state index in [1.807, 2.05) is 100 Å². The Morgan fingerprint density at radius 2 is 1.59 bits per heavy atom. The third kappa shape index (κ3) is 7.59. The fourth-order valence-electron chi connectivity index (χ4n) is 4.29. The van der Waals surface area contributed by atoms with Crippen molar-refractivity contribution in [2.24, 2.45) is 5.41 Å². The minimum Gasteiger partial charge on any atom is -0.497 e. The van der Waals surface area contributed by atoms with Crippen LogP contribution in [-0.2, 0) is 11.3 Å². The number of anilines is 2. The lowest BCUT2D eigenvalue weighted by Gasteiger charge is -2.32. The number of nitrogens with one attached hydrogen (secondary N) is 1. The van der Waals surface area contributed by atoms with Crippen LogP contribution < -0.4 is 15.0 Å². The molecule has 0 radical (unpaired) electrons. The molecule has 2 amide bonds. The Balaban J connectivity index is 1.99. The van der Waals surface area contributed by atoms with Crippen molar-refractivity contribution >= 4 is 23.2 Å². The van der Waals surface area contributed by atoms with Gasteiger partial charge in [-0.3, -0.25) is 9.59 Å². The molecule has 1 N–H and O–H groups in total. The van der Waals surface area contributed by atoms with E-state index in [-0.39, 0.29) is 23.3 Å². The predicted octanol–water partition coefficient (Wildman–Crippen LogP) is 6.54. The Bertz CT molecular complexity index is 1200. The van der Waals surface area contributed by atoms with Crippen molar-refractivity contribution in [2.45, 2.75) is 46.7 Å². The first kappa shape index (κ1) is 27.8. The van der Waals surface area contributed by atoms with Gasteiger partial charge in [0.25, 0.3) is 5.91 Å². The predicted molar refractivity (Wildman–Crippen MR) is 151 cm³/mol. The summed E-state index contributed by atoms with van der Waals surface area (Å²) < 4.78 is 5.27. The van der Waals surface area contributed by atoms with Gasteiger partial charge in [0.05, 0.1) is 13.2 Å². The molecule has 0 aliphatic rings. The van der Waals surface area contributed by atoms with E-state index in [0.717, 1.165) is 22.5 Å². The van der Waals surface area contributed by atoms with E-state index < -0.39 is 0 Å². The number of nitrogens with zero attached hydrogens (tertiary/aromatic N) is 2. The van der Waals surface area contributed by atoms with E-state index in [4.69, 9.17) is 4.74 Å². The van der Waals surface area contributed by atoms with E-state index in [1.165, 1.54) is 0 Å². The highest BCUT2D eigenvalue weighted by atomic mass is 16.5. The number of methoxy groups -OCH3 is 1. The monoisotopic (exact) mass is 501 g/mol. The Labute approximate surface area is 221 Å². The fourth-order valence-corrected chi connectivity index (χ4v) is 4.29. The lowest BCUT2D eigenvalue weighted by Crippen LogP contribution is -2.33. The quantitative estimate of drug-likeness (QED) is 0.362. The molecule has 0 saturated heterocycles. The third-order valence-corrected chi connectivity index (χ3v) is 6.22. The van der Waals surface area contributed by atoms with Gasteiger partial charge in [0.1, 0.15) is 5.75 Å². The summed E-state index contributed by atoms with van der Waals surface area (Å²) in [5.74, 6) is 0.596. The minimum atomic E-state index is -0.176. The second kappa shape index (κ2) is 12.0. The van der Waals surface area contributed by atoms with Gasteiger partial charge in [-0.05, 0) is 65.9 Å². The first-order valence-electron chi connectivity index (χ1n) is 12.6. The topological polar surface area (TPSA) is 61.9 Å². The summed E-state index contributed by atoms with van der Waals surface area (Å²) in [5.41, 5.74) is 4.18. The molecule has 0 heterocycles. The van der Waals surface area contributed by atoms with Crippen molar-refractivity contribution in [3.8, 4) is 5.75 Å². The number of carbonyl (C=O) groups excluding carboxylic acids is 2. The molecular weight excluding hydrogens is 462 g/mol. The standard InChI is InChI=1S/C31H39N3O3/c1-22(23-11-9-8-10-12-23)34(30(36)24-13-16-27(37-7)17-14-24)21-25-19-26(15-18-28(25)33(5)6)32-29(35)20-31(2,3)4/h8-19,22H,20-21H2,1-7H3,(H,32,35)/t22-/m0/s1. The van der Waals surface area contributed by atoms with Crippen LogP contribution in [0.3, 0.4) is 0 Å². The summed E-state index contributed by atoms with van der Waals surface area (Å²) in [4.78, 5) is 30.4. The number of hydrogen-bond acceptors (Lipinski definition) is 4. The Morgan fingerprint density at radius 3 is 2.16 bits per heavy atom. The molecule has 196 valence electrons. The average Bonchev–Trinajstić information content (AvgIpc) is 2.86. The maximum Gasteiger partial charge on any atom is 0.254 e. The van der Waals surface area contributed by atoms with Crippen molar-refractivity contribution in [2.75, 3.05) is 31.4 Å². The van der Waals surface area contributed by atoms with Gasteiger partial charge >= 0.3 is 0 Å². The lowest BCUT2D eigenvalue weighted by molar-refractivity contribution is -0.117. The molecule has 3 aromatic carbocycles. The van der Waals surface area contributed by atoms with Gasteiger partial charge in [0, 0.05) is 44.0 Å². The Kier molecular flexibility index (Phi) is 8.98. The molecule has 3 aromatic rings. The van der Waals surface area contributed by atoms with Crippen molar-refractivity contribution < 1.29 is 14.3 Å². The Morgan fingerprint density at radius 1 is 0.946 bits per heavy atom. The molecule has 0 bridgehead atoms. The first-order valence-corrected chi connectivity index (χ1v) is 12.6. The molecule has 6 heteroatoms. The molecule has 0 aliphatic carbocycles. The van der Waals surface area contributed by atoms with E-state index >= 15 is 0 Å². The molecule has 37 heavy (non-hydrogen) atoms. The van der Waals surface area contributed by atoms with Gasteiger partial charge in [-0.1, -0.05) is 51.1 Å². The molecule has 0 saturated carbocycles. The summed E-state index contributed by atoms with van der Waals surface area (Å²) in [6, 6.07) is 22.9. The van der Waals surface area contributed by atoms with Gasteiger partial charge in [-0.2, -0.15) is 0 Å². The van der Waals surface area contributed by atoms with E-state index in [0.29, 0.717) is 24.3 Å². The SMILES string of the molecule is COc1ccc(C(=O)N(Cc2cc(NC(=O)CC(C)(C)C)ccc2N(C)C)[C@@H](C)c2ccccc2)cc1. The highest BCUT2D eigenvalue weighted by Crippen LogP contribution is 2.30. The number of rotatable bonds is 9. The molecule has 6 nitrogen and oxygen atoms in total. The van der Waals surface area contributed by atoms with Gasteiger partial charge in [-0.15, -0.1) is 0 Å². The third-order valence-electron chi connectivity index (χ3n) is 6.22. The number of hydrogen-bond donors (Lipinski definition) is 1. The molecule has 0 aromatic heterocycles. The van der Waals surface area contributed by atoms with Crippen molar-refractivity contribution in [1.82, 2.24) is 4.90 Å². The second-order valence-corrected chi connectivity index (χ2v) is 10.8. The zero-order chi connectivity index (χ0) is 27.2. The van der Waals surface area contributed by atoms with Crippen LogP contribution in [0.1, 0.15) is 61.6 Å². The van der Waals surface area contributed by atoms with Gasteiger partial charge in [0.15, 0.2) is 0 Å². The molecule has 1 atom stereocenters. The van der Waals surface area contributed by atoms with Crippen LogP contribution in [0.25, 0.3) is 0 Å². The average molecular weight is 502 g/mol. The van der Waals surface area contributed by atoms with Crippen molar-refractivity contribution in [1.29, 1.82) is 0 Å². The fraction of sp³-hybridized carbons (Fsp3) is 0.355. The number of amides is 2. The number of carbonyl (C=O) groups is 2. The van der Waals surface area contributed by atoms with Gasteiger partial charge < -0.3 is 19.9 Å². The maximum absolute atomic E-state index is 13.9. The highest BCUT2D eigenvalue weighted by molar-refractivity contribution is 5.95. The minimum absolute atomic E-state index is 0.0279. The summed E-state index contributed by atoms with van der Waals surface area (Å²) in [7, 11) is 5.57. The highest BCUT2D eigenvalue weighted by Gasteiger charge is 2.25.